The van der Waals surface area contributed by atoms with E-state index in [1.54, 1.807) is 24.3 Å². The summed E-state index contributed by atoms with van der Waals surface area (Å²) in [6.07, 6.45) is 0. The van der Waals surface area contributed by atoms with Gasteiger partial charge in [0.2, 0.25) is 0 Å². The van der Waals surface area contributed by atoms with Crippen molar-refractivity contribution in [2.45, 2.75) is 13.1 Å². The number of imide groups is 1. The molecule has 1 saturated heterocycles. The second-order valence-electron chi connectivity index (χ2n) is 7.94. The standard InChI is InChI=1S/C26H24N2O3/c29-25-23-11-5-6-12-24(23)26(30)28(25)18-20-8-2-4-10-22(20)21-9-3-1-7-19(21)17-27-13-15-31-16-14-27/h1-12H,13-18H2. The lowest BCUT2D eigenvalue weighted by Crippen LogP contribution is -2.35. The molecule has 2 heterocycles. The van der Waals surface area contributed by atoms with Gasteiger partial charge in [-0.25, -0.2) is 0 Å². The molecule has 0 aromatic heterocycles. The van der Waals surface area contributed by atoms with Crippen LogP contribution >= 0.6 is 0 Å². The molecule has 0 aliphatic carbocycles. The van der Waals surface area contributed by atoms with Gasteiger partial charge in [0.05, 0.1) is 30.9 Å². The van der Waals surface area contributed by atoms with E-state index in [0.717, 1.165) is 49.5 Å². The number of fused-ring (bicyclic) bond motifs is 1. The van der Waals surface area contributed by atoms with E-state index in [1.807, 2.05) is 24.3 Å². The van der Waals surface area contributed by atoms with Crippen molar-refractivity contribution in [2.75, 3.05) is 26.3 Å². The predicted octanol–water partition coefficient (Wildman–Crippen LogP) is 3.98. The molecule has 5 nitrogen and oxygen atoms in total. The lowest BCUT2D eigenvalue weighted by molar-refractivity contribution is 0.0342. The molecule has 0 spiro atoms. The van der Waals surface area contributed by atoms with E-state index >= 15 is 0 Å². The van der Waals surface area contributed by atoms with E-state index in [0.29, 0.717) is 11.1 Å². The first kappa shape index (κ1) is 19.7. The first-order valence-electron chi connectivity index (χ1n) is 10.6. The average Bonchev–Trinajstić information content (AvgIpc) is 3.06. The lowest BCUT2D eigenvalue weighted by Gasteiger charge is -2.27. The molecule has 5 heteroatoms. The topological polar surface area (TPSA) is 49.9 Å². The van der Waals surface area contributed by atoms with E-state index in [1.165, 1.54) is 10.5 Å². The smallest absolute Gasteiger partial charge is 0.261 e. The second-order valence-corrected chi connectivity index (χ2v) is 7.94. The highest BCUT2D eigenvalue weighted by Crippen LogP contribution is 2.31. The normalized spacial score (nSPS) is 16.6. The minimum absolute atomic E-state index is 0.225. The van der Waals surface area contributed by atoms with Crippen LogP contribution in [-0.2, 0) is 17.8 Å². The van der Waals surface area contributed by atoms with E-state index in [2.05, 4.69) is 29.2 Å². The molecule has 2 aliphatic rings. The van der Waals surface area contributed by atoms with Crippen LogP contribution in [0, 0.1) is 0 Å². The predicted molar refractivity (Wildman–Crippen MR) is 119 cm³/mol. The number of benzene rings is 3. The minimum Gasteiger partial charge on any atom is -0.379 e. The molecule has 0 atom stereocenters. The summed E-state index contributed by atoms with van der Waals surface area (Å²) in [7, 11) is 0. The largest absolute Gasteiger partial charge is 0.379 e. The van der Waals surface area contributed by atoms with E-state index in [9.17, 15) is 9.59 Å². The quantitative estimate of drug-likeness (QED) is 0.595. The number of nitrogens with zero attached hydrogens (tertiary/aromatic N) is 2. The molecule has 1 fully saturated rings. The summed E-state index contributed by atoms with van der Waals surface area (Å²) in [5.74, 6) is -0.450. The summed E-state index contributed by atoms with van der Waals surface area (Å²) >= 11 is 0. The molecule has 0 radical (unpaired) electrons. The van der Waals surface area contributed by atoms with Crippen LogP contribution in [0.25, 0.3) is 11.1 Å². The van der Waals surface area contributed by atoms with Crippen LogP contribution < -0.4 is 0 Å². The third kappa shape index (κ3) is 3.78. The highest BCUT2D eigenvalue weighted by molar-refractivity contribution is 6.21. The van der Waals surface area contributed by atoms with Crippen LogP contribution in [-0.4, -0.2) is 47.9 Å². The summed E-state index contributed by atoms with van der Waals surface area (Å²) in [4.78, 5) is 29.5. The monoisotopic (exact) mass is 412 g/mol. The molecular weight excluding hydrogens is 388 g/mol. The van der Waals surface area contributed by atoms with Crippen molar-refractivity contribution in [3.05, 3.63) is 95.1 Å². The molecular formula is C26H24N2O3. The summed E-state index contributed by atoms with van der Waals surface area (Å²) < 4.78 is 5.48. The molecule has 0 N–H and O–H groups in total. The van der Waals surface area contributed by atoms with Gasteiger partial charge >= 0.3 is 0 Å². The van der Waals surface area contributed by atoms with Crippen molar-refractivity contribution in [3.8, 4) is 11.1 Å². The molecule has 31 heavy (non-hydrogen) atoms. The average molecular weight is 412 g/mol. The minimum atomic E-state index is -0.225. The lowest BCUT2D eigenvalue weighted by atomic mass is 9.94. The van der Waals surface area contributed by atoms with Crippen molar-refractivity contribution < 1.29 is 14.3 Å². The molecule has 5 rings (SSSR count). The Balaban J connectivity index is 1.46. The highest BCUT2D eigenvalue weighted by atomic mass is 16.5. The molecule has 3 aromatic rings. The number of carbonyl (C=O) groups is 2. The summed E-state index contributed by atoms with van der Waals surface area (Å²) in [5.41, 5.74) is 5.37. The SMILES string of the molecule is O=C1c2ccccc2C(=O)N1Cc1ccccc1-c1ccccc1CN1CCOCC1. The molecule has 0 saturated carbocycles. The van der Waals surface area contributed by atoms with E-state index in [4.69, 9.17) is 4.74 Å². The Morgan fingerprint density at radius 1 is 0.613 bits per heavy atom. The molecule has 0 unspecified atom stereocenters. The Morgan fingerprint density at radius 2 is 1.06 bits per heavy atom. The van der Waals surface area contributed by atoms with Crippen LogP contribution in [0.3, 0.4) is 0 Å². The maximum absolute atomic E-state index is 12.9. The Kier molecular flexibility index (Phi) is 5.37. The third-order valence-electron chi connectivity index (χ3n) is 6.03. The summed E-state index contributed by atoms with van der Waals surface area (Å²) in [5, 5.41) is 0. The van der Waals surface area contributed by atoms with Crippen molar-refractivity contribution in [1.29, 1.82) is 0 Å². The highest BCUT2D eigenvalue weighted by Gasteiger charge is 2.35. The van der Waals surface area contributed by atoms with Gasteiger partial charge < -0.3 is 4.74 Å². The van der Waals surface area contributed by atoms with Gasteiger partial charge in [-0.05, 0) is 34.4 Å². The van der Waals surface area contributed by atoms with Gasteiger partial charge in [0.25, 0.3) is 11.8 Å². The maximum atomic E-state index is 12.9. The molecule has 3 aromatic carbocycles. The zero-order valence-electron chi connectivity index (χ0n) is 17.3. The van der Waals surface area contributed by atoms with Gasteiger partial charge in [0, 0.05) is 19.6 Å². The van der Waals surface area contributed by atoms with Gasteiger partial charge in [0.15, 0.2) is 0 Å². The summed E-state index contributed by atoms with van der Waals surface area (Å²) in [6.45, 7) is 4.47. The van der Waals surface area contributed by atoms with Crippen LogP contribution in [0.4, 0.5) is 0 Å². The Bertz CT molecular complexity index is 1100. The fourth-order valence-electron chi connectivity index (χ4n) is 4.40. The van der Waals surface area contributed by atoms with Crippen molar-refractivity contribution >= 4 is 11.8 Å². The number of ether oxygens (including phenoxy) is 1. The maximum Gasteiger partial charge on any atom is 0.261 e. The molecule has 2 amide bonds. The molecule has 0 bridgehead atoms. The number of morpholine rings is 1. The van der Waals surface area contributed by atoms with Gasteiger partial charge in [-0.1, -0.05) is 60.7 Å². The van der Waals surface area contributed by atoms with E-state index in [-0.39, 0.29) is 18.4 Å². The Morgan fingerprint density at radius 3 is 1.61 bits per heavy atom. The van der Waals surface area contributed by atoms with Gasteiger partial charge in [-0.3, -0.25) is 19.4 Å². The van der Waals surface area contributed by atoms with Crippen molar-refractivity contribution in [2.24, 2.45) is 0 Å². The Hall–Kier alpha value is -3.28. The van der Waals surface area contributed by atoms with Crippen LogP contribution in [0.15, 0.2) is 72.8 Å². The third-order valence-corrected chi connectivity index (χ3v) is 6.03. The van der Waals surface area contributed by atoms with Crippen LogP contribution in [0.2, 0.25) is 0 Å². The van der Waals surface area contributed by atoms with Crippen molar-refractivity contribution in [3.63, 3.8) is 0 Å². The zero-order valence-corrected chi connectivity index (χ0v) is 17.3. The first-order chi connectivity index (χ1) is 15.2. The number of amides is 2. The number of hydrogen-bond donors (Lipinski definition) is 0. The molecule has 2 aliphatic heterocycles. The van der Waals surface area contributed by atoms with Crippen molar-refractivity contribution in [1.82, 2.24) is 9.80 Å². The first-order valence-corrected chi connectivity index (χ1v) is 10.6. The van der Waals surface area contributed by atoms with Gasteiger partial charge in [0.1, 0.15) is 0 Å². The second kappa shape index (κ2) is 8.46. The summed E-state index contributed by atoms with van der Waals surface area (Å²) in [6, 6.07) is 23.5. The van der Waals surface area contributed by atoms with E-state index < -0.39 is 0 Å². The van der Waals surface area contributed by atoms with Gasteiger partial charge in [-0.2, -0.15) is 0 Å². The Labute approximate surface area is 181 Å². The number of rotatable bonds is 5. The fraction of sp³-hybridized carbons (Fsp3) is 0.231. The zero-order chi connectivity index (χ0) is 21.2. The van der Waals surface area contributed by atoms with Crippen LogP contribution in [0.1, 0.15) is 31.8 Å². The van der Waals surface area contributed by atoms with Crippen LogP contribution in [0.5, 0.6) is 0 Å². The number of hydrogen-bond acceptors (Lipinski definition) is 4. The van der Waals surface area contributed by atoms with Gasteiger partial charge in [-0.15, -0.1) is 0 Å². The molecule has 156 valence electrons. The fourth-order valence-corrected chi connectivity index (χ4v) is 4.40. The number of carbonyl (C=O) groups excluding carboxylic acids is 2.